The van der Waals surface area contributed by atoms with E-state index < -0.39 is 78.6 Å². The van der Waals surface area contributed by atoms with Gasteiger partial charge in [-0.2, -0.15) is 4.31 Å². The fourth-order valence-corrected chi connectivity index (χ4v) is 10.0. The molecule has 2 aromatic rings. The van der Waals surface area contributed by atoms with E-state index in [1.807, 2.05) is 0 Å². The van der Waals surface area contributed by atoms with E-state index in [2.05, 4.69) is 46.1 Å². The monoisotopic (exact) mass is 992 g/mol. The van der Waals surface area contributed by atoms with E-state index in [1.165, 1.54) is 103 Å². The van der Waals surface area contributed by atoms with Crippen LogP contribution in [0.1, 0.15) is 117 Å². The number of nitrogens with two attached hydrogens (primary N) is 1. The molecule has 0 radical (unpaired) electrons. The first-order valence-electron chi connectivity index (χ1n) is 21.4. The van der Waals surface area contributed by atoms with Gasteiger partial charge in [-0.3, -0.25) is 32.4 Å². The number of rotatable bonds is 34. The average Bonchev–Trinajstić information content (AvgIpc) is 3.78. The molecule has 0 saturated carbocycles. The van der Waals surface area contributed by atoms with Crippen molar-refractivity contribution in [3.8, 4) is 0 Å². The highest BCUT2D eigenvalue weighted by atomic mass is 32.2. The molecular formula is C36H67N8O16P3S. The van der Waals surface area contributed by atoms with Gasteiger partial charge in [-0.25, -0.2) is 28.6 Å². The lowest BCUT2D eigenvalue weighted by Gasteiger charge is -2.30. The first kappa shape index (κ1) is 56.2. The molecule has 11 N–H and O–H groups in total. The summed E-state index contributed by atoms with van der Waals surface area (Å²) in [4.78, 5) is 76.1. The zero-order chi connectivity index (χ0) is 47.4. The smallest absolute Gasteiger partial charge is 0.386 e. The van der Waals surface area contributed by atoms with E-state index in [0.717, 1.165) is 30.2 Å². The zero-order valence-electron chi connectivity index (χ0n) is 36.6. The van der Waals surface area contributed by atoms with Crippen molar-refractivity contribution in [2.75, 3.05) is 44.3 Å². The first-order chi connectivity index (χ1) is 30.2. The maximum Gasteiger partial charge on any atom is 0.481 e. The van der Waals surface area contributed by atoms with E-state index in [-0.39, 0.29) is 35.9 Å². The lowest BCUT2D eigenvalue weighted by atomic mass is 9.87. The lowest BCUT2D eigenvalue weighted by Crippen LogP contribution is -2.46. The lowest BCUT2D eigenvalue weighted by molar-refractivity contribution is -0.137. The van der Waals surface area contributed by atoms with Crippen LogP contribution in [0.2, 0.25) is 0 Å². The molecule has 368 valence electrons. The van der Waals surface area contributed by atoms with E-state index in [0.29, 0.717) is 12.3 Å². The largest absolute Gasteiger partial charge is 0.481 e. The molecule has 2 amide bonds. The molecule has 3 heterocycles. The van der Waals surface area contributed by atoms with Gasteiger partial charge in [0.2, 0.25) is 11.8 Å². The van der Waals surface area contributed by atoms with Crippen molar-refractivity contribution in [2.24, 2.45) is 5.41 Å². The van der Waals surface area contributed by atoms with Crippen LogP contribution in [0.15, 0.2) is 12.7 Å². The quantitative estimate of drug-likeness (QED) is 0.0271. The molecule has 1 fully saturated rings. The molecule has 1 saturated heterocycles. The van der Waals surface area contributed by atoms with Crippen molar-refractivity contribution in [1.82, 2.24) is 34.9 Å². The summed E-state index contributed by atoms with van der Waals surface area (Å²) in [7, 11) is -16.4. The van der Waals surface area contributed by atoms with Crippen molar-refractivity contribution < 1.29 is 75.7 Å². The third kappa shape index (κ3) is 20.4. The number of phosphoric ester groups is 3. The van der Waals surface area contributed by atoms with E-state index >= 15 is 0 Å². The molecule has 64 heavy (non-hydrogen) atoms. The van der Waals surface area contributed by atoms with Gasteiger partial charge in [-0.15, -0.1) is 0 Å². The van der Waals surface area contributed by atoms with Gasteiger partial charge in [0.25, 0.3) is 0 Å². The summed E-state index contributed by atoms with van der Waals surface area (Å²) in [5.41, 5.74) is 4.33. The topological polar surface area (TPSA) is 359 Å². The number of nitrogen functional groups attached to an aromatic ring is 1. The number of aliphatic hydroxyl groups is 2. The van der Waals surface area contributed by atoms with Crippen LogP contribution in [0.5, 0.6) is 0 Å². The number of ether oxygens (including phenoxy) is 1. The minimum Gasteiger partial charge on any atom is -0.386 e. The van der Waals surface area contributed by atoms with Crippen LogP contribution >= 0.6 is 35.4 Å². The average molecular weight is 993 g/mol. The van der Waals surface area contributed by atoms with E-state index in [1.54, 1.807) is 0 Å². The van der Waals surface area contributed by atoms with E-state index in [4.69, 9.17) is 19.5 Å². The van der Waals surface area contributed by atoms with Crippen LogP contribution < -0.4 is 21.1 Å². The highest BCUT2D eigenvalue weighted by Crippen LogP contribution is 2.61. The van der Waals surface area contributed by atoms with Crippen molar-refractivity contribution in [3.63, 3.8) is 0 Å². The number of carbonyl (C=O) groups is 2. The second kappa shape index (κ2) is 27.6. The minimum absolute atomic E-state index is 0.0333. The standard InChI is InChI=1S/C36H67N8O16P3S/c1-4-5-6-7-8-9-10-11-12-13-14-15-16-18-43-64-21-20-38-27(45)17-19-39-34(48)31(47)36(2,3)23-57-63(54,55)60-62(52,53)56-22-26-30(59-61(49,50)51)29(46)35(58-26)44-25-42-28-32(37)40-24-41-33(28)44/h24-26,29-31,35,43,46-47H,4-23H2,1-3H3,(H,38,45)(H,39,48)(H,52,53)(H,54,55)(H2,37,40,41)(H2,49,50,51)/t26-,29-,30-,31+,35-/m1/s1. The van der Waals surface area contributed by atoms with Crippen molar-refractivity contribution >= 4 is 64.2 Å². The van der Waals surface area contributed by atoms with Gasteiger partial charge in [0.1, 0.15) is 36.3 Å². The third-order valence-electron chi connectivity index (χ3n) is 10.1. The molecule has 0 aliphatic carbocycles. The van der Waals surface area contributed by atoms with Gasteiger partial charge < -0.3 is 50.9 Å². The molecule has 28 heteroatoms. The Kier molecular flexibility index (Phi) is 24.2. The summed E-state index contributed by atoms with van der Waals surface area (Å²) in [5, 5.41) is 26.7. The summed E-state index contributed by atoms with van der Waals surface area (Å²) in [6, 6.07) is 0. The predicted molar refractivity (Wildman–Crippen MR) is 236 cm³/mol. The first-order valence-corrected chi connectivity index (χ1v) is 26.9. The molecule has 2 unspecified atom stereocenters. The molecule has 7 atom stereocenters. The van der Waals surface area contributed by atoms with Gasteiger partial charge in [0, 0.05) is 37.2 Å². The number of nitrogens with zero attached hydrogens (tertiary/aromatic N) is 4. The molecular weight excluding hydrogens is 925 g/mol. The number of carbonyl (C=O) groups excluding carboxylic acids is 2. The van der Waals surface area contributed by atoms with Gasteiger partial charge in [0.05, 0.1) is 19.5 Å². The predicted octanol–water partition coefficient (Wildman–Crippen LogP) is 3.73. The number of nitrogens with one attached hydrogen (secondary N) is 3. The molecule has 2 aromatic heterocycles. The Morgan fingerprint density at radius 2 is 1.50 bits per heavy atom. The van der Waals surface area contributed by atoms with Crippen molar-refractivity contribution in [1.29, 1.82) is 0 Å². The van der Waals surface area contributed by atoms with Crippen LogP contribution in [-0.4, -0.2) is 124 Å². The Labute approximate surface area is 377 Å². The van der Waals surface area contributed by atoms with Crippen LogP contribution in [0.3, 0.4) is 0 Å². The molecule has 0 bridgehead atoms. The van der Waals surface area contributed by atoms with Crippen LogP contribution in [0.25, 0.3) is 11.2 Å². The number of hydrogen-bond acceptors (Lipinski definition) is 18. The Hall–Kier alpha value is -2.15. The number of aliphatic hydroxyl groups excluding tert-OH is 2. The fourth-order valence-electron chi connectivity index (χ4n) is 6.54. The highest BCUT2D eigenvalue weighted by molar-refractivity contribution is 7.97. The number of imidazole rings is 1. The summed E-state index contributed by atoms with van der Waals surface area (Å²) >= 11 is 1.52. The number of phosphoric acid groups is 3. The van der Waals surface area contributed by atoms with Crippen LogP contribution in [0.4, 0.5) is 5.82 Å². The summed E-state index contributed by atoms with van der Waals surface area (Å²) < 4.78 is 65.7. The Bertz CT molecular complexity index is 1880. The van der Waals surface area contributed by atoms with Gasteiger partial charge in [-0.05, 0) is 6.42 Å². The van der Waals surface area contributed by atoms with Crippen LogP contribution in [0, 0.1) is 5.41 Å². The minimum atomic E-state index is -5.56. The van der Waals surface area contributed by atoms with Gasteiger partial charge in [-0.1, -0.05) is 110 Å². The number of aromatic nitrogens is 4. The molecule has 0 spiro atoms. The molecule has 1 aliphatic rings. The molecule has 0 aromatic carbocycles. The van der Waals surface area contributed by atoms with Crippen molar-refractivity contribution in [2.45, 2.75) is 141 Å². The van der Waals surface area contributed by atoms with E-state index in [9.17, 15) is 53.1 Å². The number of amides is 2. The maximum absolute atomic E-state index is 12.7. The third-order valence-corrected chi connectivity index (χ3v) is 14.0. The summed E-state index contributed by atoms with van der Waals surface area (Å²) in [5.74, 6) is -0.639. The highest BCUT2D eigenvalue weighted by Gasteiger charge is 2.50. The SMILES string of the molecule is CCCCCCCCCCCCCCCNSCCNC(=O)CCNC(=O)[C@H](O)C(C)(C)COP(=O)(O)OP(=O)(O)OC[C@H]1O[C@@H](n2cnc3c(N)ncnc32)[C@H](O)[C@@H]1OP(=O)(O)O. The van der Waals surface area contributed by atoms with Gasteiger partial charge in [0.15, 0.2) is 17.7 Å². The Morgan fingerprint density at radius 1 is 0.891 bits per heavy atom. The Balaban J connectivity index is 1.31. The summed E-state index contributed by atoms with van der Waals surface area (Å²) in [6.45, 7) is 4.01. The zero-order valence-corrected chi connectivity index (χ0v) is 40.1. The Morgan fingerprint density at radius 3 is 2.12 bits per heavy atom. The fraction of sp³-hybridized carbons (Fsp3) is 0.806. The maximum atomic E-state index is 12.7. The number of anilines is 1. The number of unbranched alkanes of at least 4 members (excludes halogenated alkanes) is 12. The summed E-state index contributed by atoms with van der Waals surface area (Å²) in [6.07, 6.45) is 10.1. The second-order valence-corrected chi connectivity index (χ2v) is 21.3. The van der Waals surface area contributed by atoms with Crippen LogP contribution in [-0.2, 0) is 45.9 Å². The number of fused-ring (bicyclic) bond motifs is 1. The molecule has 3 rings (SSSR count). The number of hydrogen-bond donors (Lipinski definition) is 10. The second-order valence-electron chi connectivity index (χ2n) is 16.1. The normalized spacial score (nSPS) is 20.5. The molecule has 24 nitrogen and oxygen atoms in total. The van der Waals surface area contributed by atoms with Gasteiger partial charge >= 0.3 is 23.5 Å². The molecule has 1 aliphatic heterocycles. The van der Waals surface area contributed by atoms with Crippen molar-refractivity contribution in [3.05, 3.63) is 12.7 Å².